The number of carbonyl (C=O) groups excluding carboxylic acids is 1. The number of ketones is 1. The highest BCUT2D eigenvalue weighted by Gasteiger charge is 2.35. The molecule has 0 unspecified atom stereocenters. The molecule has 0 saturated heterocycles. The zero-order chi connectivity index (χ0) is 21.5. The van der Waals surface area contributed by atoms with E-state index in [1.165, 1.54) is 12.1 Å². The molecule has 152 valence electrons. The SMILES string of the molecule is C=C1C[C@H]([C@H](Nc2c(F)c(F)c(Cl)c(F)c2F)c2ccccc2Cl)C(=O)C=C1C. The topological polar surface area (TPSA) is 29.1 Å². The van der Waals surface area contributed by atoms with Crippen molar-refractivity contribution in [2.24, 2.45) is 5.92 Å². The molecule has 0 aliphatic heterocycles. The van der Waals surface area contributed by atoms with Gasteiger partial charge in [-0.3, -0.25) is 4.79 Å². The standard InChI is InChI=1S/C21H15Cl2F4NO/c1-9-7-12(14(29)8-10(9)2)20(11-5-3-4-6-13(11)22)28-21-18(26)16(24)15(23)17(25)19(21)27/h3-6,8,12,20,28H,1,7H2,2H3/t12-,20+/m0/s1. The van der Waals surface area contributed by atoms with E-state index in [-0.39, 0.29) is 17.2 Å². The molecule has 2 aromatic rings. The normalized spacial score (nSPS) is 17.9. The van der Waals surface area contributed by atoms with Crippen LogP contribution in [0.25, 0.3) is 0 Å². The zero-order valence-electron chi connectivity index (χ0n) is 15.1. The highest BCUT2D eigenvalue weighted by molar-refractivity contribution is 6.31. The highest BCUT2D eigenvalue weighted by Crippen LogP contribution is 2.41. The van der Waals surface area contributed by atoms with Gasteiger partial charge in [0.15, 0.2) is 29.1 Å². The maximum atomic E-state index is 14.4. The summed E-state index contributed by atoms with van der Waals surface area (Å²) in [6, 6.07) is 5.26. The Bertz CT molecular complexity index is 1020. The second-order valence-corrected chi connectivity index (χ2v) is 7.52. The van der Waals surface area contributed by atoms with Gasteiger partial charge < -0.3 is 5.32 Å². The summed E-state index contributed by atoms with van der Waals surface area (Å²) in [6.45, 7) is 5.61. The van der Waals surface area contributed by atoms with Crippen LogP contribution in [0.1, 0.15) is 24.9 Å². The molecule has 0 radical (unpaired) electrons. The lowest BCUT2D eigenvalue weighted by Crippen LogP contribution is -2.31. The number of halogens is 6. The van der Waals surface area contributed by atoms with Crippen LogP contribution in [0.5, 0.6) is 0 Å². The molecular formula is C21H15Cl2F4NO. The smallest absolute Gasteiger partial charge is 0.186 e. The molecule has 2 aromatic carbocycles. The van der Waals surface area contributed by atoms with Gasteiger partial charge >= 0.3 is 0 Å². The van der Waals surface area contributed by atoms with Crippen LogP contribution in [-0.2, 0) is 4.79 Å². The molecule has 0 saturated carbocycles. The molecule has 1 aliphatic carbocycles. The minimum Gasteiger partial charge on any atom is -0.372 e. The fraction of sp³-hybridized carbons (Fsp3) is 0.190. The number of nitrogens with one attached hydrogen (secondary N) is 1. The number of benzene rings is 2. The molecular weight excluding hydrogens is 429 g/mol. The third-order valence-electron chi connectivity index (χ3n) is 4.90. The molecule has 0 bridgehead atoms. The molecule has 8 heteroatoms. The Morgan fingerprint density at radius 2 is 1.66 bits per heavy atom. The van der Waals surface area contributed by atoms with Gasteiger partial charge in [-0.1, -0.05) is 53.6 Å². The van der Waals surface area contributed by atoms with Gasteiger partial charge in [0.05, 0.1) is 12.0 Å². The Morgan fingerprint density at radius 1 is 1.07 bits per heavy atom. The third-order valence-corrected chi connectivity index (χ3v) is 5.58. The van der Waals surface area contributed by atoms with Gasteiger partial charge in [-0.2, -0.15) is 0 Å². The van der Waals surface area contributed by atoms with Gasteiger partial charge in [-0.25, -0.2) is 17.6 Å². The van der Waals surface area contributed by atoms with E-state index in [9.17, 15) is 22.4 Å². The summed E-state index contributed by atoms with van der Waals surface area (Å²) in [5.41, 5.74) is 0.606. The second-order valence-electron chi connectivity index (χ2n) is 6.73. The van der Waals surface area contributed by atoms with E-state index < -0.39 is 45.9 Å². The van der Waals surface area contributed by atoms with Crippen LogP contribution in [0, 0.1) is 29.2 Å². The van der Waals surface area contributed by atoms with Gasteiger partial charge in [0.1, 0.15) is 10.7 Å². The maximum Gasteiger partial charge on any atom is 0.186 e. The van der Waals surface area contributed by atoms with Crippen molar-refractivity contribution in [1.82, 2.24) is 0 Å². The van der Waals surface area contributed by atoms with Crippen molar-refractivity contribution < 1.29 is 22.4 Å². The summed E-state index contributed by atoms with van der Waals surface area (Å²) in [5, 5.41) is 1.37. The van der Waals surface area contributed by atoms with Crippen LogP contribution < -0.4 is 5.32 Å². The zero-order valence-corrected chi connectivity index (χ0v) is 16.6. The molecule has 2 atom stereocenters. The molecule has 0 spiro atoms. The fourth-order valence-electron chi connectivity index (χ4n) is 3.24. The van der Waals surface area contributed by atoms with Crippen molar-refractivity contribution in [3.8, 4) is 0 Å². The minimum atomic E-state index is -1.74. The quantitative estimate of drug-likeness (QED) is 0.320. The summed E-state index contributed by atoms with van der Waals surface area (Å²) in [6.07, 6.45) is 1.55. The van der Waals surface area contributed by atoms with Crippen molar-refractivity contribution in [1.29, 1.82) is 0 Å². The van der Waals surface area contributed by atoms with Gasteiger partial charge in [-0.15, -0.1) is 0 Å². The first-order chi connectivity index (χ1) is 13.6. The van der Waals surface area contributed by atoms with Crippen LogP contribution in [0.3, 0.4) is 0 Å². The Hall–Kier alpha value is -2.31. The van der Waals surface area contributed by atoms with E-state index in [4.69, 9.17) is 23.2 Å². The largest absolute Gasteiger partial charge is 0.372 e. The lowest BCUT2D eigenvalue weighted by Gasteiger charge is -2.32. The summed E-state index contributed by atoms with van der Waals surface area (Å²) in [7, 11) is 0. The summed E-state index contributed by atoms with van der Waals surface area (Å²) < 4.78 is 56.7. The van der Waals surface area contributed by atoms with Crippen molar-refractivity contribution >= 4 is 34.7 Å². The Balaban J connectivity index is 2.15. The predicted octanol–water partition coefficient (Wildman–Crippen LogP) is 6.79. The molecule has 0 aromatic heterocycles. The summed E-state index contributed by atoms with van der Waals surface area (Å²) in [4.78, 5) is 12.7. The van der Waals surface area contributed by atoms with Crippen LogP contribution in [-0.4, -0.2) is 5.78 Å². The Labute approximate surface area is 174 Å². The predicted molar refractivity (Wildman–Crippen MR) is 105 cm³/mol. The van der Waals surface area contributed by atoms with Crippen molar-refractivity contribution in [2.75, 3.05) is 5.32 Å². The van der Waals surface area contributed by atoms with Crippen molar-refractivity contribution in [3.63, 3.8) is 0 Å². The lowest BCUT2D eigenvalue weighted by molar-refractivity contribution is -0.119. The van der Waals surface area contributed by atoms with Crippen molar-refractivity contribution in [3.05, 3.63) is 86.9 Å². The first kappa shape index (κ1) is 21.4. The Morgan fingerprint density at radius 3 is 2.24 bits per heavy atom. The molecule has 0 heterocycles. The van der Waals surface area contributed by atoms with Gasteiger partial charge in [0.25, 0.3) is 0 Å². The number of allylic oxidation sites excluding steroid dienone is 3. The van der Waals surface area contributed by atoms with Crippen LogP contribution >= 0.6 is 23.2 Å². The van der Waals surface area contributed by atoms with E-state index in [2.05, 4.69) is 11.9 Å². The second kappa shape index (κ2) is 8.20. The van der Waals surface area contributed by atoms with Gasteiger partial charge in [-0.05, 0) is 36.6 Å². The Kier molecular flexibility index (Phi) is 6.05. The fourth-order valence-corrected chi connectivity index (χ4v) is 3.66. The maximum absolute atomic E-state index is 14.4. The first-order valence-electron chi connectivity index (χ1n) is 8.56. The molecule has 0 amide bonds. The average Bonchev–Trinajstić information content (AvgIpc) is 2.69. The molecule has 3 rings (SSSR count). The van der Waals surface area contributed by atoms with E-state index in [1.54, 1.807) is 25.1 Å². The summed E-state index contributed by atoms with van der Waals surface area (Å²) >= 11 is 11.5. The number of hydrogen-bond acceptors (Lipinski definition) is 2. The number of hydrogen-bond donors (Lipinski definition) is 1. The number of anilines is 1. The van der Waals surface area contributed by atoms with Gasteiger partial charge in [0.2, 0.25) is 0 Å². The highest BCUT2D eigenvalue weighted by atomic mass is 35.5. The number of rotatable bonds is 4. The molecule has 1 aliphatic rings. The lowest BCUT2D eigenvalue weighted by atomic mass is 9.79. The first-order valence-corrected chi connectivity index (χ1v) is 9.31. The average molecular weight is 444 g/mol. The third kappa shape index (κ3) is 3.91. The molecule has 0 fully saturated rings. The minimum absolute atomic E-state index is 0.172. The molecule has 2 nitrogen and oxygen atoms in total. The monoisotopic (exact) mass is 443 g/mol. The molecule has 1 N–H and O–H groups in total. The number of carbonyl (C=O) groups is 1. The van der Waals surface area contributed by atoms with E-state index in [0.717, 1.165) is 0 Å². The van der Waals surface area contributed by atoms with Crippen LogP contribution in [0.4, 0.5) is 23.2 Å². The van der Waals surface area contributed by atoms with E-state index in [1.807, 2.05) is 0 Å². The van der Waals surface area contributed by atoms with Crippen LogP contribution in [0.15, 0.2) is 48.1 Å². The van der Waals surface area contributed by atoms with Crippen molar-refractivity contribution in [2.45, 2.75) is 19.4 Å². The van der Waals surface area contributed by atoms with Gasteiger partial charge in [0, 0.05) is 5.02 Å². The summed E-state index contributed by atoms with van der Waals surface area (Å²) in [5.74, 6) is -8.04. The van der Waals surface area contributed by atoms with E-state index in [0.29, 0.717) is 16.7 Å². The van der Waals surface area contributed by atoms with E-state index >= 15 is 0 Å². The van der Waals surface area contributed by atoms with Crippen LogP contribution in [0.2, 0.25) is 10.0 Å². The molecule has 29 heavy (non-hydrogen) atoms.